The second-order valence-electron chi connectivity index (χ2n) is 6.86. The highest BCUT2D eigenvalue weighted by Crippen LogP contribution is 2.45. The number of rotatable bonds is 6. The van der Waals surface area contributed by atoms with Crippen molar-refractivity contribution in [2.75, 3.05) is 11.5 Å². The van der Waals surface area contributed by atoms with E-state index in [0.717, 1.165) is 10.4 Å². The Morgan fingerprint density at radius 1 is 1.00 bits per heavy atom. The predicted molar refractivity (Wildman–Crippen MR) is 131 cm³/mol. The monoisotopic (exact) mass is 478 g/mol. The maximum atomic E-state index is 13.3. The minimum atomic E-state index is -0.528. The van der Waals surface area contributed by atoms with Crippen LogP contribution in [0.25, 0.3) is 23.2 Å². The number of tetrazole rings is 1. The van der Waals surface area contributed by atoms with E-state index in [9.17, 15) is 4.79 Å². The number of nitrogens with zero attached hydrogens (tertiary/aromatic N) is 4. The molecule has 6 nitrogen and oxygen atoms in total. The van der Waals surface area contributed by atoms with Crippen molar-refractivity contribution in [3.8, 4) is 17.1 Å². The summed E-state index contributed by atoms with van der Waals surface area (Å²) in [5, 5.41) is 14.0. The summed E-state index contributed by atoms with van der Waals surface area (Å²) in [6.45, 7) is 0. The van der Waals surface area contributed by atoms with E-state index in [-0.39, 0.29) is 5.70 Å². The molecule has 4 aromatic rings. The summed E-state index contributed by atoms with van der Waals surface area (Å²) < 4.78 is 7.60. The Bertz CT molecular complexity index is 1220. The van der Waals surface area contributed by atoms with Crippen LogP contribution < -0.4 is 4.74 Å². The number of ether oxygens (including phenoxy) is 1. The van der Waals surface area contributed by atoms with Crippen LogP contribution in [0.1, 0.15) is 15.0 Å². The maximum absolute atomic E-state index is 13.3. The molecule has 1 fully saturated rings. The van der Waals surface area contributed by atoms with Crippen molar-refractivity contribution in [3.63, 3.8) is 0 Å². The van der Waals surface area contributed by atoms with E-state index in [1.165, 1.54) is 33.1 Å². The fourth-order valence-electron chi connectivity index (χ4n) is 3.23. The Hall–Kier alpha value is -2.88. The van der Waals surface area contributed by atoms with Gasteiger partial charge in [0, 0.05) is 21.9 Å². The van der Waals surface area contributed by atoms with E-state index in [4.69, 9.17) is 4.74 Å². The van der Waals surface area contributed by atoms with Crippen LogP contribution in [0.2, 0.25) is 0 Å². The normalized spacial score (nSPS) is 14.6. The molecule has 0 saturated carbocycles. The Morgan fingerprint density at radius 3 is 2.50 bits per heavy atom. The molecule has 5 rings (SSSR count). The summed E-state index contributed by atoms with van der Waals surface area (Å²) in [4.78, 5) is 14.2. The molecule has 0 unspecified atom stereocenters. The molecule has 3 heterocycles. The van der Waals surface area contributed by atoms with Gasteiger partial charge in [-0.15, -0.1) is 40.0 Å². The lowest BCUT2D eigenvalue weighted by Crippen LogP contribution is -2.17. The van der Waals surface area contributed by atoms with Gasteiger partial charge in [-0.25, -0.2) is 4.79 Å². The standard InChI is InChI=1S/C23H18N4O2S3/c28-22(29-18-10-8-17(9-11-18)23-31-13-14-32-23)20(15-19-7-4-12-30-19)27-21(24-25-26-27)16-5-2-1-3-6-16/h1-12,15,23H,13-14H2/b20-15-. The largest absolute Gasteiger partial charge is 0.422 e. The molecule has 160 valence electrons. The third kappa shape index (κ3) is 4.64. The number of thioether (sulfide) groups is 2. The number of aromatic nitrogens is 4. The smallest absolute Gasteiger partial charge is 0.362 e. The first kappa shape index (κ1) is 21.0. The quantitative estimate of drug-likeness (QED) is 0.206. The molecule has 0 amide bonds. The van der Waals surface area contributed by atoms with Crippen molar-refractivity contribution in [2.45, 2.75) is 4.58 Å². The summed E-state index contributed by atoms with van der Waals surface area (Å²) >= 11 is 5.40. The van der Waals surface area contributed by atoms with E-state index < -0.39 is 5.97 Å². The third-order valence-electron chi connectivity index (χ3n) is 4.75. The van der Waals surface area contributed by atoms with Crippen LogP contribution >= 0.6 is 34.9 Å². The Morgan fingerprint density at radius 2 is 1.78 bits per heavy atom. The van der Waals surface area contributed by atoms with Crippen molar-refractivity contribution in [3.05, 3.63) is 82.6 Å². The number of thiophene rings is 1. The molecule has 1 aliphatic rings. The van der Waals surface area contributed by atoms with Crippen LogP contribution in [0.15, 0.2) is 72.1 Å². The molecular weight excluding hydrogens is 460 g/mol. The van der Waals surface area contributed by atoms with Gasteiger partial charge in [-0.3, -0.25) is 0 Å². The van der Waals surface area contributed by atoms with Crippen molar-refractivity contribution in [1.82, 2.24) is 20.2 Å². The summed E-state index contributed by atoms with van der Waals surface area (Å²) in [5.41, 5.74) is 2.28. The number of benzene rings is 2. The molecular formula is C23H18N4O2S3. The minimum absolute atomic E-state index is 0.238. The molecule has 0 spiro atoms. The third-order valence-corrected chi connectivity index (χ3v) is 8.67. The van der Waals surface area contributed by atoms with E-state index >= 15 is 0 Å². The van der Waals surface area contributed by atoms with Gasteiger partial charge in [0.15, 0.2) is 11.5 Å². The number of hydrogen-bond donors (Lipinski definition) is 0. The summed E-state index contributed by atoms with van der Waals surface area (Å²) in [6, 6.07) is 21.1. The Labute approximate surface area is 197 Å². The lowest BCUT2D eigenvalue weighted by molar-refractivity contribution is -0.128. The topological polar surface area (TPSA) is 69.9 Å². The van der Waals surface area contributed by atoms with Gasteiger partial charge in [0.1, 0.15) is 5.75 Å². The fraction of sp³-hybridized carbons (Fsp3) is 0.130. The fourth-order valence-corrected chi connectivity index (χ4v) is 6.74. The van der Waals surface area contributed by atoms with Gasteiger partial charge >= 0.3 is 5.97 Å². The first-order valence-electron chi connectivity index (χ1n) is 9.93. The second-order valence-corrected chi connectivity index (χ2v) is 10.6. The summed E-state index contributed by atoms with van der Waals surface area (Å²) in [7, 11) is 0. The average Bonchev–Trinajstić information content (AvgIpc) is 3.61. The van der Waals surface area contributed by atoms with Crippen molar-refractivity contribution in [2.24, 2.45) is 0 Å². The highest BCUT2D eigenvalue weighted by Gasteiger charge is 2.22. The van der Waals surface area contributed by atoms with Gasteiger partial charge in [-0.1, -0.05) is 48.5 Å². The molecule has 32 heavy (non-hydrogen) atoms. The van der Waals surface area contributed by atoms with Gasteiger partial charge in [0.2, 0.25) is 0 Å². The van der Waals surface area contributed by atoms with Crippen LogP contribution in [0.3, 0.4) is 0 Å². The lowest BCUT2D eigenvalue weighted by atomic mass is 10.2. The molecule has 1 aliphatic heterocycles. The highest BCUT2D eigenvalue weighted by molar-refractivity contribution is 8.19. The lowest BCUT2D eigenvalue weighted by Gasteiger charge is -2.11. The molecule has 0 aliphatic carbocycles. The number of esters is 1. The van der Waals surface area contributed by atoms with Crippen molar-refractivity contribution < 1.29 is 9.53 Å². The minimum Gasteiger partial charge on any atom is -0.422 e. The van der Waals surface area contributed by atoms with Crippen LogP contribution in [0.5, 0.6) is 5.75 Å². The predicted octanol–water partition coefficient (Wildman–Crippen LogP) is 5.48. The van der Waals surface area contributed by atoms with Gasteiger partial charge < -0.3 is 4.74 Å². The molecule has 9 heteroatoms. The van der Waals surface area contributed by atoms with E-state index in [0.29, 0.717) is 16.2 Å². The van der Waals surface area contributed by atoms with Crippen molar-refractivity contribution in [1.29, 1.82) is 0 Å². The van der Waals surface area contributed by atoms with Crippen LogP contribution in [-0.4, -0.2) is 37.7 Å². The second kappa shape index (κ2) is 9.72. The van der Waals surface area contributed by atoms with E-state index in [1.54, 1.807) is 6.08 Å². The molecule has 2 aromatic heterocycles. The summed E-state index contributed by atoms with van der Waals surface area (Å²) in [6.07, 6.45) is 1.75. The van der Waals surface area contributed by atoms with Gasteiger partial charge in [0.25, 0.3) is 0 Å². The zero-order chi connectivity index (χ0) is 21.8. The Kier molecular flexibility index (Phi) is 6.38. The maximum Gasteiger partial charge on any atom is 0.362 e. The Balaban J connectivity index is 1.45. The summed E-state index contributed by atoms with van der Waals surface area (Å²) in [5.74, 6) is 2.76. The first-order valence-corrected chi connectivity index (χ1v) is 12.9. The molecule has 0 atom stereocenters. The number of carbonyl (C=O) groups is 1. The molecule has 1 saturated heterocycles. The van der Waals surface area contributed by atoms with Crippen LogP contribution in [0.4, 0.5) is 0 Å². The number of hydrogen-bond acceptors (Lipinski definition) is 8. The van der Waals surface area contributed by atoms with Gasteiger partial charge in [0.05, 0.1) is 4.58 Å². The van der Waals surface area contributed by atoms with Gasteiger partial charge in [-0.05, 0) is 45.6 Å². The van der Waals surface area contributed by atoms with Crippen LogP contribution in [0, 0.1) is 0 Å². The molecule has 0 radical (unpaired) electrons. The van der Waals surface area contributed by atoms with Crippen molar-refractivity contribution >= 4 is 52.6 Å². The highest BCUT2D eigenvalue weighted by atomic mass is 32.2. The van der Waals surface area contributed by atoms with E-state index in [2.05, 4.69) is 15.5 Å². The van der Waals surface area contributed by atoms with E-state index in [1.807, 2.05) is 95.6 Å². The molecule has 0 bridgehead atoms. The zero-order valence-electron chi connectivity index (χ0n) is 16.8. The zero-order valence-corrected chi connectivity index (χ0v) is 19.3. The van der Waals surface area contributed by atoms with Crippen LogP contribution in [-0.2, 0) is 4.79 Å². The molecule has 0 N–H and O–H groups in total. The number of carbonyl (C=O) groups excluding carboxylic acids is 1. The molecule has 2 aromatic carbocycles. The SMILES string of the molecule is O=C(Oc1ccc(C2SCCS2)cc1)/C(=C/c1cccs1)n1nnnc1-c1ccccc1. The van der Waals surface area contributed by atoms with Gasteiger partial charge in [-0.2, -0.15) is 4.68 Å². The average molecular weight is 479 g/mol. The first-order chi connectivity index (χ1) is 15.8.